The van der Waals surface area contributed by atoms with Crippen LogP contribution in [-0.4, -0.2) is 14.5 Å². The molecule has 1 aliphatic carbocycles. The number of hydrogen-bond acceptors (Lipinski definition) is 2. The number of nitrogens with zero attached hydrogens (tertiary/aromatic N) is 3. The lowest BCUT2D eigenvalue weighted by Crippen LogP contribution is -2.00. The van der Waals surface area contributed by atoms with Crippen LogP contribution >= 0.6 is 0 Å². The molecule has 1 aliphatic rings. The van der Waals surface area contributed by atoms with Crippen LogP contribution < -0.4 is 0 Å². The molecule has 0 saturated heterocycles. The van der Waals surface area contributed by atoms with Gasteiger partial charge in [-0.2, -0.15) is 0 Å². The Morgan fingerprint density at radius 1 is 0.543 bits per heavy atom. The van der Waals surface area contributed by atoms with E-state index in [0.29, 0.717) is 0 Å². The smallest absolute Gasteiger partial charge is 0.138 e. The van der Waals surface area contributed by atoms with E-state index in [0.717, 1.165) is 22.7 Å². The zero-order valence-corrected chi connectivity index (χ0v) is 18.8. The quantitative estimate of drug-likeness (QED) is 0.269. The summed E-state index contributed by atoms with van der Waals surface area (Å²) in [6.45, 7) is 0. The summed E-state index contributed by atoms with van der Waals surface area (Å²) >= 11 is 0. The van der Waals surface area contributed by atoms with Gasteiger partial charge in [0.15, 0.2) is 0 Å². The van der Waals surface area contributed by atoms with Crippen LogP contribution in [0.5, 0.6) is 0 Å². The third-order valence-electron chi connectivity index (χ3n) is 7.19. The molecule has 0 saturated carbocycles. The molecule has 0 radical (unpaired) electrons. The van der Waals surface area contributed by atoms with Crippen molar-refractivity contribution in [2.24, 2.45) is 0 Å². The molecule has 0 unspecified atom stereocenters. The van der Waals surface area contributed by atoms with Gasteiger partial charge in [-0.05, 0) is 57.8 Å². The lowest BCUT2D eigenvalue weighted by atomic mass is 10.0. The SMILES string of the molecule is c1ccc(-c2cccc(-n3c4ccccc4c4ccc5c(c43)-c3cccc4cccc-5c34)n2)nc1. The summed E-state index contributed by atoms with van der Waals surface area (Å²) in [5.41, 5.74) is 9.28. The molecule has 162 valence electrons. The van der Waals surface area contributed by atoms with E-state index in [-0.39, 0.29) is 0 Å². The summed E-state index contributed by atoms with van der Waals surface area (Å²) in [6.07, 6.45) is 1.81. The largest absolute Gasteiger partial charge is 0.293 e. The van der Waals surface area contributed by atoms with Gasteiger partial charge in [-0.25, -0.2) is 4.98 Å². The predicted octanol–water partition coefficient (Wildman–Crippen LogP) is 8.04. The first-order chi connectivity index (χ1) is 17.4. The summed E-state index contributed by atoms with van der Waals surface area (Å²) in [5.74, 6) is 0.899. The lowest BCUT2D eigenvalue weighted by molar-refractivity contribution is 1.08. The molecule has 4 aromatic carbocycles. The second-order valence-corrected chi connectivity index (χ2v) is 9.04. The van der Waals surface area contributed by atoms with Gasteiger partial charge >= 0.3 is 0 Å². The molecule has 3 heterocycles. The molecule has 0 spiro atoms. The molecule has 3 heteroatoms. The van der Waals surface area contributed by atoms with Gasteiger partial charge in [0.2, 0.25) is 0 Å². The fourth-order valence-electron chi connectivity index (χ4n) is 5.77. The van der Waals surface area contributed by atoms with E-state index >= 15 is 0 Å². The topological polar surface area (TPSA) is 30.7 Å². The van der Waals surface area contributed by atoms with Gasteiger partial charge in [-0.3, -0.25) is 9.55 Å². The zero-order chi connectivity index (χ0) is 22.9. The molecular formula is C32H19N3. The van der Waals surface area contributed by atoms with E-state index in [1.54, 1.807) is 0 Å². The summed E-state index contributed by atoms with van der Waals surface area (Å²) in [7, 11) is 0. The average molecular weight is 446 g/mol. The van der Waals surface area contributed by atoms with Gasteiger partial charge < -0.3 is 0 Å². The maximum Gasteiger partial charge on any atom is 0.138 e. The minimum absolute atomic E-state index is 0.868. The number of aromatic nitrogens is 3. The Labute approximate surface area is 202 Å². The summed E-state index contributed by atoms with van der Waals surface area (Å²) < 4.78 is 2.33. The van der Waals surface area contributed by atoms with E-state index < -0.39 is 0 Å². The van der Waals surface area contributed by atoms with E-state index in [1.807, 2.05) is 30.5 Å². The van der Waals surface area contributed by atoms with Crippen molar-refractivity contribution < 1.29 is 0 Å². The molecule has 3 nitrogen and oxygen atoms in total. The molecule has 35 heavy (non-hydrogen) atoms. The van der Waals surface area contributed by atoms with E-state index in [1.165, 1.54) is 49.3 Å². The Morgan fingerprint density at radius 3 is 2.23 bits per heavy atom. The van der Waals surface area contributed by atoms with Crippen LogP contribution in [0.2, 0.25) is 0 Å². The van der Waals surface area contributed by atoms with Crippen LogP contribution in [-0.2, 0) is 0 Å². The van der Waals surface area contributed by atoms with Crippen molar-refractivity contribution in [3.05, 3.63) is 115 Å². The highest BCUT2D eigenvalue weighted by molar-refractivity contribution is 6.24. The summed E-state index contributed by atoms with van der Waals surface area (Å²) in [6, 6.07) is 38.6. The van der Waals surface area contributed by atoms with Crippen LogP contribution in [0, 0.1) is 0 Å². The van der Waals surface area contributed by atoms with Gasteiger partial charge in [0, 0.05) is 22.5 Å². The zero-order valence-electron chi connectivity index (χ0n) is 18.8. The number of para-hydroxylation sites is 1. The van der Waals surface area contributed by atoms with E-state index in [2.05, 4.69) is 94.5 Å². The Kier molecular flexibility index (Phi) is 3.66. The number of fused-ring (bicyclic) bond motifs is 7. The van der Waals surface area contributed by atoms with Crippen LogP contribution in [0.4, 0.5) is 0 Å². The fraction of sp³-hybridized carbons (Fsp3) is 0. The maximum atomic E-state index is 5.11. The monoisotopic (exact) mass is 445 g/mol. The number of hydrogen-bond donors (Lipinski definition) is 0. The minimum Gasteiger partial charge on any atom is -0.293 e. The first-order valence-electron chi connectivity index (χ1n) is 11.9. The molecule has 3 aromatic heterocycles. The van der Waals surface area contributed by atoms with Crippen molar-refractivity contribution in [3.63, 3.8) is 0 Å². The van der Waals surface area contributed by atoms with Gasteiger partial charge in [-0.15, -0.1) is 0 Å². The fourth-order valence-corrected chi connectivity index (χ4v) is 5.77. The number of rotatable bonds is 2. The van der Waals surface area contributed by atoms with Crippen molar-refractivity contribution in [3.8, 4) is 39.5 Å². The summed E-state index contributed by atoms with van der Waals surface area (Å²) in [5, 5.41) is 5.10. The van der Waals surface area contributed by atoms with Crippen LogP contribution in [0.15, 0.2) is 115 Å². The molecular weight excluding hydrogens is 426 g/mol. The maximum absolute atomic E-state index is 5.11. The Morgan fingerprint density at radius 2 is 1.34 bits per heavy atom. The molecule has 0 fully saturated rings. The average Bonchev–Trinajstić information content (AvgIpc) is 3.44. The Hall–Kier alpha value is -4.76. The molecule has 0 aliphatic heterocycles. The van der Waals surface area contributed by atoms with Gasteiger partial charge in [0.05, 0.1) is 22.4 Å². The van der Waals surface area contributed by atoms with Crippen LogP contribution in [0.3, 0.4) is 0 Å². The van der Waals surface area contributed by atoms with Gasteiger partial charge in [0.25, 0.3) is 0 Å². The molecule has 7 aromatic rings. The standard InChI is InChI=1S/C32H19N3/c1-2-15-28-21(10-1)24-18-17-23-22-11-5-8-20-9-6-12-25(30(20)22)31(23)32(24)35(28)29-16-7-14-27(34-29)26-13-3-4-19-33-26/h1-19H. The van der Waals surface area contributed by atoms with Crippen LogP contribution in [0.1, 0.15) is 0 Å². The molecule has 0 N–H and O–H groups in total. The Bertz CT molecular complexity index is 1940. The summed E-state index contributed by atoms with van der Waals surface area (Å²) in [4.78, 5) is 9.64. The second-order valence-electron chi connectivity index (χ2n) is 9.04. The van der Waals surface area contributed by atoms with E-state index in [4.69, 9.17) is 4.98 Å². The van der Waals surface area contributed by atoms with Crippen molar-refractivity contribution in [2.45, 2.75) is 0 Å². The molecule has 8 rings (SSSR count). The van der Waals surface area contributed by atoms with Crippen molar-refractivity contribution in [2.75, 3.05) is 0 Å². The van der Waals surface area contributed by atoms with Crippen molar-refractivity contribution in [1.82, 2.24) is 14.5 Å². The lowest BCUT2D eigenvalue weighted by Gasteiger charge is -2.12. The number of benzene rings is 4. The highest BCUT2D eigenvalue weighted by Gasteiger charge is 2.26. The first kappa shape index (κ1) is 18.6. The highest BCUT2D eigenvalue weighted by atomic mass is 15.1. The van der Waals surface area contributed by atoms with E-state index in [9.17, 15) is 0 Å². The van der Waals surface area contributed by atoms with Gasteiger partial charge in [-0.1, -0.05) is 78.9 Å². The first-order valence-corrected chi connectivity index (χ1v) is 11.9. The normalized spacial score (nSPS) is 12.0. The van der Waals surface area contributed by atoms with Crippen LogP contribution in [0.25, 0.3) is 72.0 Å². The predicted molar refractivity (Wildman–Crippen MR) is 144 cm³/mol. The Balaban J connectivity index is 1.52. The highest BCUT2D eigenvalue weighted by Crippen LogP contribution is 2.51. The third kappa shape index (κ3) is 2.50. The van der Waals surface area contributed by atoms with Crippen molar-refractivity contribution in [1.29, 1.82) is 0 Å². The number of pyridine rings is 2. The van der Waals surface area contributed by atoms with Gasteiger partial charge in [0.1, 0.15) is 5.82 Å². The molecule has 0 amide bonds. The molecule has 0 atom stereocenters. The van der Waals surface area contributed by atoms with Crippen molar-refractivity contribution >= 4 is 32.6 Å². The second kappa shape index (κ2) is 6.87. The molecule has 0 bridgehead atoms. The minimum atomic E-state index is 0.868. The third-order valence-corrected chi connectivity index (χ3v) is 7.19.